The van der Waals surface area contributed by atoms with Crippen LogP contribution in [0.25, 0.3) is 0 Å². The first kappa shape index (κ1) is 30.8. The normalized spacial score (nSPS) is 42.4. The number of carbonyl (C=O) groups is 4. The van der Waals surface area contributed by atoms with Crippen LogP contribution in [0.5, 0.6) is 0 Å². The summed E-state index contributed by atoms with van der Waals surface area (Å²) in [7, 11) is 0. The molecule has 0 spiro atoms. The average Bonchev–Trinajstić information content (AvgIpc) is 3.01. The van der Waals surface area contributed by atoms with Gasteiger partial charge >= 0.3 is 5.97 Å². The highest BCUT2D eigenvalue weighted by Gasteiger charge is 2.74. The third-order valence-corrected chi connectivity index (χ3v) is 11.5. The van der Waals surface area contributed by atoms with Crippen LogP contribution in [0.4, 0.5) is 0 Å². The third kappa shape index (κ3) is 4.11. The van der Waals surface area contributed by atoms with Gasteiger partial charge in [0.25, 0.3) is 0 Å². The second-order valence-electron chi connectivity index (χ2n) is 14.8. The monoisotopic (exact) mass is 558 g/mol. The van der Waals surface area contributed by atoms with Gasteiger partial charge in [0.1, 0.15) is 23.1 Å². The molecule has 0 saturated heterocycles. The molecule has 3 saturated carbocycles. The van der Waals surface area contributed by atoms with Gasteiger partial charge in [0.15, 0.2) is 11.6 Å². The Labute approximate surface area is 237 Å². The minimum Gasteiger partial charge on any atom is -0.456 e. The molecule has 3 N–H and O–H groups in total. The Bertz CT molecular complexity index is 1210. The SMILES string of the molecule is CC(=O)OC(C)(C)/C=C/C(=O)C(C)(O)[C@H]1[C@H](O)C[C@@]2(C)[C@@H]3CC=C4[C@@H](C[C@H](O)C(=O)C4(C)C)[C@]3(C)C(=O)C[C@]12C. The molecule has 0 aromatic heterocycles. The molecule has 222 valence electrons. The Hall–Kier alpha value is -2.16. The second-order valence-corrected chi connectivity index (χ2v) is 14.8. The van der Waals surface area contributed by atoms with Crippen molar-refractivity contribution in [2.75, 3.05) is 0 Å². The minimum atomic E-state index is -1.99. The van der Waals surface area contributed by atoms with E-state index in [1.807, 2.05) is 27.7 Å². The Morgan fingerprint density at radius 3 is 2.23 bits per heavy atom. The summed E-state index contributed by atoms with van der Waals surface area (Å²) in [4.78, 5) is 52.1. The van der Waals surface area contributed by atoms with Crippen molar-refractivity contribution in [3.8, 4) is 0 Å². The summed E-state index contributed by atoms with van der Waals surface area (Å²) in [5.41, 5.74) is -5.43. The van der Waals surface area contributed by atoms with Gasteiger partial charge in [0.2, 0.25) is 0 Å². The number of fused-ring (bicyclic) bond motifs is 5. The van der Waals surface area contributed by atoms with Crippen LogP contribution < -0.4 is 0 Å². The van der Waals surface area contributed by atoms with Gasteiger partial charge in [0.05, 0.1) is 6.10 Å². The number of allylic oxidation sites excluding steroid dienone is 2. The Balaban J connectivity index is 1.75. The summed E-state index contributed by atoms with van der Waals surface area (Å²) in [5, 5.41) is 34.0. The van der Waals surface area contributed by atoms with Crippen LogP contribution >= 0.6 is 0 Å². The van der Waals surface area contributed by atoms with E-state index in [0.717, 1.165) is 5.57 Å². The summed E-state index contributed by atoms with van der Waals surface area (Å²) in [6.07, 6.45) is 3.55. The van der Waals surface area contributed by atoms with Crippen molar-refractivity contribution >= 4 is 23.3 Å². The molecule has 0 radical (unpaired) electrons. The second kappa shape index (κ2) is 9.17. The molecule has 0 aromatic carbocycles. The zero-order chi connectivity index (χ0) is 30.4. The maximum atomic E-state index is 14.3. The smallest absolute Gasteiger partial charge is 0.303 e. The van der Waals surface area contributed by atoms with Crippen molar-refractivity contribution in [3.63, 3.8) is 0 Å². The van der Waals surface area contributed by atoms with Crippen molar-refractivity contribution < 1.29 is 39.2 Å². The van der Waals surface area contributed by atoms with Gasteiger partial charge in [-0.15, -0.1) is 0 Å². The molecule has 8 heteroatoms. The molecule has 0 amide bonds. The van der Waals surface area contributed by atoms with Crippen LogP contribution in [0.15, 0.2) is 23.8 Å². The van der Waals surface area contributed by atoms with Crippen LogP contribution in [0.2, 0.25) is 0 Å². The van der Waals surface area contributed by atoms with Crippen molar-refractivity contribution in [3.05, 3.63) is 23.8 Å². The maximum Gasteiger partial charge on any atom is 0.303 e. The van der Waals surface area contributed by atoms with Crippen molar-refractivity contribution in [2.45, 2.75) is 111 Å². The summed E-state index contributed by atoms with van der Waals surface area (Å²) in [5.74, 6) is -2.85. The Kier molecular flexibility index (Phi) is 7.06. The van der Waals surface area contributed by atoms with E-state index in [-0.39, 0.29) is 36.2 Å². The molecular weight excluding hydrogens is 512 g/mol. The van der Waals surface area contributed by atoms with E-state index >= 15 is 0 Å². The number of esters is 1. The lowest BCUT2D eigenvalue weighted by Gasteiger charge is -2.64. The molecule has 8 nitrogen and oxygen atoms in total. The van der Waals surface area contributed by atoms with Crippen molar-refractivity contribution in [2.24, 2.45) is 39.4 Å². The fourth-order valence-electron chi connectivity index (χ4n) is 9.40. The highest BCUT2D eigenvalue weighted by atomic mass is 16.6. The highest BCUT2D eigenvalue weighted by Crippen LogP contribution is 2.74. The number of ketones is 3. The summed E-state index contributed by atoms with van der Waals surface area (Å²) < 4.78 is 5.23. The Morgan fingerprint density at radius 2 is 1.65 bits per heavy atom. The highest BCUT2D eigenvalue weighted by molar-refractivity contribution is 5.98. The van der Waals surface area contributed by atoms with E-state index in [0.29, 0.717) is 12.8 Å². The lowest BCUT2D eigenvalue weighted by molar-refractivity contribution is -0.183. The number of carbonyl (C=O) groups excluding carboxylic acids is 4. The van der Waals surface area contributed by atoms with Crippen LogP contribution in [0.1, 0.15) is 88.0 Å². The molecule has 0 bridgehead atoms. The molecule has 4 rings (SSSR count). The number of hydrogen-bond donors (Lipinski definition) is 3. The van der Waals surface area contributed by atoms with Gasteiger partial charge in [-0.1, -0.05) is 32.4 Å². The van der Waals surface area contributed by atoms with Gasteiger partial charge < -0.3 is 20.1 Å². The predicted octanol–water partition coefficient (Wildman–Crippen LogP) is 3.50. The number of rotatable bonds is 5. The lowest BCUT2D eigenvalue weighted by Crippen LogP contribution is -2.65. The molecule has 3 fully saturated rings. The molecular formula is C32H46O8. The van der Waals surface area contributed by atoms with Crippen LogP contribution in [-0.4, -0.2) is 62.0 Å². The summed E-state index contributed by atoms with van der Waals surface area (Å²) in [6, 6.07) is 0. The molecule has 0 aliphatic heterocycles. The molecule has 40 heavy (non-hydrogen) atoms. The molecule has 9 atom stereocenters. The van der Waals surface area contributed by atoms with Crippen LogP contribution in [0, 0.1) is 39.4 Å². The van der Waals surface area contributed by atoms with E-state index in [9.17, 15) is 34.5 Å². The molecule has 0 heterocycles. The number of hydrogen-bond acceptors (Lipinski definition) is 8. The molecule has 4 aliphatic rings. The number of ether oxygens (including phenoxy) is 1. The van der Waals surface area contributed by atoms with Crippen molar-refractivity contribution in [1.82, 2.24) is 0 Å². The fourth-order valence-corrected chi connectivity index (χ4v) is 9.40. The number of aliphatic hydroxyl groups excluding tert-OH is 2. The predicted molar refractivity (Wildman–Crippen MR) is 148 cm³/mol. The van der Waals surface area contributed by atoms with E-state index in [4.69, 9.17) is 4.74 Å². The fraction of sp³-hybridized carbons (Fsp3) is 0.750. The van der Waals surface area contributed by atoms with E-state index in [1.54, 1.807) is 13.8 Å². The molecule has 4 aliphatic carbocycles. The summed E-state index contributed by atoms with van der Waals surface area (Å²) >= 11 is 0. The first-order valence-electron chi connectivity index (χ1n) is 14.4. The number of Topliss-reactive ketones (excluding diaryl/α,β-unsaturated/α-hetero) is 2. The quantitative estimate of drug-likeness (QED) is 0.265. The van der Waals surface area contributed by atoms with Gasteiger partial charge in [-0.05, 0) is 88.7 Å². The topological polar surface area (TPSA) is 138 Å². The zero-order valence-corrected chi connectivity index (χ0v) is 25.3. The maximum absolute atomic E-state index is 14.3. The average molecular weight is 559 g/mol. The van der Waals surface area contributed by atoms with E-state index in [2.05, 4.69) is 13.0 Å². The van der Waals surface area contributed by atoms with Crippen LogP contribution in [0.3, 0.4) is 0 Å². The summed E-state index contributed by atoms with van der Waals surface area (Å²) in [6.45, 7) is 15.4. The van der Waals surface area contributed by atoms with Gasteiger partial charge in [0, 0.05) is 30.1 Å². The van der Waals surface area contributed by atoms with Crippen LogP contribution in [-0.2, 0) is 23.9 Å². The largest absolute Gasteiger partial charge is 0.456 e. The Morgan fingerprint density at radius 1 is 1.05 bits per heavy atom. The molecule has 1 unspecified atom stereocenters. The number of aliphatic hydroxyl groups is 3. The zero-order valence-electron chi connectivity index (χ0n) is 25.3. The van der Waals surface area contributed by atoms with Gasteiger partial charge in [-0.25, -0.2) is 0 Å². The third-order valence-electron chi connectivity index (χ3n) is 11.5. The van der Waals surface area contributed by atoms with E-state index < -0.39 is 62.7 Å². The first-order chi connectivity index (χ1) is 18.1. The minimum absolute atomic E-state index is 0.0284. The molecule has 0 aromatic rings. The van der Waals surface area contributed by atoms with Crippen molar-refractivity contribution in [1.29, 1.82) is 0 Å². The van der Waals surface area contributed by atoms with Gasteiger partial charge in [-0.2, -0.15) is 0 Å². The standard InChI is InChI=1S/C32H46O8/c1-17(33)40-27(2,3)13-12-23(36)32(9,39)25-21(35)15-29(6)22-11-10-18-19(14-20(34)26(38)28(18,4)5)31(22,8)24(37)16-30(25,29)7/h10,12-13,19-22,25,34-35,39H,11,14-16H2,1-9H3/b13-12+/t19-,20+,21-,22+,25+,29+,30-,31+,32?/m1/s1. The first-order valence-corrected chi connectivity index (χ1v) is 14.4. The lowest BCUT2D eigenvalue weighted by atomic mass is 9.38. The van der Waals surface area contributed by atoms with E-state index in [1.165, 1.54) is 26.0 Å². The van der Waals surface area contributed by atoms with Gasteiger partial charge in [-0.3, -0.25) is 19.2 Å².